The fourth-order valence-corrected chi connectivity index (χ4v) is 0.842. The normalized spacial score (nSPS) is 11.4. The van der Waals surface area contributed by atoms with E-state index in [0.717, 1.165) is 0 Å². The monoisotopic (exact) mass is 197 g/mol. The molecule has 1 aromatic rings. The minimum atomic E-state index is -0.695. The Kier molecular flexibility index (Phi) is 3.16. The zero-order valence-corrected chi connectivity index (χ0v) is 7.94. The number of amides is 2. The van der Waals surface area contributed by atoms with Gasteiger partial charge in [0.25, 0.3) is 0 Å². The number of aromatic nitrogens is 2. The van der Waals surface area contributed by atoms with Crippen LogP contribution >= 0.6 is 0 Å². The molecule has 0 bridgehead atoms. The number of hydrogen-bond acceptors (Lipinski definition) is 5. The summed E-state index contributed by atoms with van der Waals surface area (Å²) in [6.07, 6.45) is 0.468. The first-order valence-electron chi connectivity index (χ1n) is 3.96. The maximum atomic E-state index is 10.3. The molecule has 76 valence electrons. The van der Waals surface area contributed by atoms with Crippen LogP contribution in [0.4, 0.5) is 4.79 Å². The molecule has 0 aromatic carbocycles. The molecule has 2 amide bonds. The van der Waals surface area contributed by atoms with E-state index in [4.69, 9.17) is 5.73 Å². The van der Waals surface area contributed by atoms with Crippen molar-refractivity contribution >= 4 is 11.7 Å². The van der Waals surface area contributed by atoms with Crippen molar-refractivity contribution in [1.82, 2.24) is 15.7 Å². The first-order valence-corrected chi connectivity index (χ1v) is 3.96. The average molecular weight is 197 g/mol. The van der Waals surface area contributed by atoms with Crippen LogP contribution < -0.4 is 11.2 Å². The molecule has 0 atom stereocenters. The Balaban J connectivity index is 2.57. The smallest absolute Gasteiger partial charge is 0.332 e. The van der Waals surface area contributed by atoms with Gasteiger partial charge in [-0.15, -0.1) is 0 Å². The zero-order valence-electron chi connectivity index (χ0n) is 7.94. The van der Waals surface area contributed by atoms with Crippen LogP contribution in [0.25, 0.3) is 0 Å². The lowest BCUT2D eigenvalue weighted by atomic mass is 10.2. The number of nitrogens with zero attached hydrogens (tertiary/aromatic N) is 3. The van der Waals surface area contributed by atoms with Gasteiger partial charge in [-0.3, -0.25) is 0 Å². The van der Waals surface area contributed by atoms with Gasteiger partial charge in [-0.2, -0.15) is 5.10 Å². The minimum absolute atomic E-state index is 0.468. The number of aryl methyl sites for hydroxylation is 1. The number of hydrogen-bond donors (Lipinski definition) is 2. The largest absolute Gasteiger partial charge is 0.350 e. The average Bonchev–Trinajstić information content (AvgIpc) is 2.49. The van der Waals surface area contributed by atoms with Crippen molar-refractivity contribution in [2.24, 2.45) is 10.8 Å². The zero-order chi connectivity index (χ0) is 10.6. The Labute approximate surface area is 80.3 Å². The molecule has 0 fully saturated rings. The van der Waals surface area contributed by atoms with Crippen LogP contribution in [0.5, 0.6) is 0 Å². The molecule has 0 saturated carbocycles. The highest BCUT2D eigenvalue weighted by atomic mass is 16.6. The van der Waals surface area contributed by atoms with E-state index in [-0.39, 0.29) is 0 Å². The highest BCUT2D eigenvalue weighted by Gasteiger charge is 2.06. The molecule has 7 nitrogen and oxygen atoms in total. The van der Waals surface area contributed by atoms with Crippen LogP contribution in [0, 0.1) is 6.92 Å². The topological polar surface area (TPSA) is 106 Å². The number of primary amides is 1. The summed E-state index contributed by atoms with van der Waals surface area (Å²) in [5, 5.41) is 11.0. The van der Waals surface area contributed by atoms with Crippen molar-refractivity contribution in [2.45, 2.75) is 20.3 Å². The lowest BCUT2D eigenvalue weighted by Crippen LogP contribution is -2.25. The van der Waals surface area contributed by atoms with Gasteiger partial charge in [0.15, 0.2) is 0 Å². The fraction of sp³-hybridized carbons (Fsp3) is 0.429. The molecule has 0 unspecified atom stereocenters. The molecular formula is C7H11N5O2. The summed E-state index contributed by atoms with van der Waals surface area (Å²) >= 11 is 0. The molecular weight excluding hydrogens is 186 g/mol. The molecule has 1 aromatic heterocycles. The summed E-state index contributed by atoms with van der Waals surface area (Å²) in [6.45, 7) is 3.52. The maximum absolute atomic E-state index is 10.3. The van der Waals surface area contributed by atoms with Gasteiger partial charge in [0.1, 0.15) is 11.4 Å². The standard InChI is InChI=1S/C7H11N5O2/c1-4(9-10-7(8)13)3-6-5(2)11-14-12-6/h3H2,1-2H3,(H3,8,10,13)/b9-4+. The molecule has 0 aliphatic rings. The Morgan fingerprint density at radius 2 is 2.36 bits per heavy atom. The third kappa shape index (κ3) is 2.85. The molecule has 0 radical (unpaired) electrons. The molecule has 1 heterocycles. The first-order chi connectivity index (χ1) is 6.59. The van der Waals surface area contributed by atoms with Crippen LogP contribution in [-0.2, 0) is 6.42 Å². The van der Waals surface area contributed by atoms with Crippen LogP contribution in [0.2, 0.25) is 0 Å². The quantitative estimate of drug-likeness (QED) is 0.523. The van der Waals surface area contributed by atoms with Gasteiger partial charge in [-0.05, 0) is 13.8 Å². The molecule has 1 rings (SSSR count). The molecule has 0 spiro atoms. The van der Waals surface area contributed by atoms with Gasteiger partial charge in [-0.1, -0.05) is 10.3 Å². The summed E-state index contributed by atoms with van der Waals surface area (Å²) in [7, 11) is 0. The highest BCUT2D eigenvalue weighted by molar-refractivity contribution is 5.85. The highest BCUT2D eigenvalue weighted by Crippen LogP contribution is 2.01. The number of carbonyl (C=O) groups is 1. The van der Waals surface area contributed by atoms with E-state index in [0.29, 0.717) is 23.5 Å². The Morgan fingerprint density at radius 3 is 2.86 bits per heavy atom. The molecule has 0 saturated heterocycles. The summed E-state index contributed by atoms with van der Waals surface area (Å²) in [5.74, 6) is 0. The van der Waals surface area contributed by atoms with Crippen molar-refractivity contribution in [2.75, 3.05) is 0 Å². The molecule has 0 aliphatic carbocycles. The van der Waals surface area contributed by atoms with Gasteiger partial charge in [0, 0.05) is 12.1 Å². The second-order valence-corrected chi connectivity index (χ2v) is 2.80. The molecule has 14 heavy (non-hydrogen) atoms. The summed E-state index contributed by atoms with van der Waals surface area (Å²) in [6, 6.07) is -0.695. The van der Waals surface area contributed by atoms with Crippen LogP contribution in [-0.4, -0.2) is 22.1 Å². The first kappa shape index (κ1) is 10.2. The number of hydrazone groups is 1. The van der Waals surface area contributed by atoms with Gasteiger partial charge in [0.05, 0.1) is 0 Å². The fourth-order valence-electron chi connectivity index (χ4n) is 0.842. The SMILES string of the molecule is C/C(Cc1nonc1C)=N\NC(N)=O. The second kappa shape index (κ2) is 4.35. The number of nitrogens with one attached hydrogen (secondary N) is 1. The molecule has 0 aliphatic heterocycles. The lowest BCUT2D eigenvalue weighted by Gasteiger charge is -1.97. The van der Waals surface area contributed by atoms with Crippen molar-refractivity contribution in [1.29, 1.82) is 0 Å². The van der Waals surface area contributed by atoms with Crippen LogP contribution in [0.3, 0.4) is 0 Å². The number of rotatable bonds is 3. The van der Waals surface area contributed by atoms with E-state index >= 15 is 0 Å². The Bertz CT molecular complexity index is 357. The van der Waals surface area contributed by atoms with Crippen molar-refractivity contribution < 1.29 is 9.42 Å². The predicted molar refractivity (Wildman–Crippen MR) is 48.6 cm³/mol. The van der Waals surface area contributed by atoms with Crippen LogP contribution in [0.15, 0.2) is 9.73 Å². The lowest BCUT2D eigenvalue weighted by molar-refractivity contribution is 0.249. The maximum Gasteiger partial charge on any atom is 0.332 e. The van der Waals surface area contributed by atoms with E-state index in [1.807, 2.05) is 0 Å². The second-order valence-electron chi connectivity index (χ2n) is 2.80. The van der Waals surface area contributed by atoms with Crippen LogP contribution in [0.1, 0.15) is 18.3 Å². The van der Waals surface area contributed by atoms with E-state index in [2.05, 4.69) is 25.5 Å². The van der Waals surface area contributed by atoms with Gasteiger partial charge in [0.2, 0.25) is 0 Å². The minimum Gasteiger partial charge on any atom is -0.350 e. The van der Waals surface area contributed by atoms with Gasteiger partial charge >= 0.3 is 6.03 Å². The molecule has 7 heteroatoms. The summed E-state index contributed by atoms with van der Waals surface area (Å²) in [5.41, 5.74) is 9.03. The summed E-state index contributed by atoms with van der Waals surface area (Å²) in [4.78, 5) is 10.3. The van der Waals surface area contributed by atoms with Crippen molar-refractivity contribution in [3.8, 4) is 0 Å². The Hall–Kier alpha value is -1.92. The molecule has 3 N–H and O–H groups in total. The van der Waals surface area contributed by atoms with Gasteiger partial charge in [-0.25, -0.2) is 14.8 Å². The summed E-state index contributed by atoms with van der Waals surface area (Å²) < 4.78 is 4.50. The Morgan fingerprint density at radius 1 is 1.64 bits per heavy atom. The number of urea groups is 1. The van der Waals surface area contributed by atoms with E-state index in [1.54, 1.807) is 13.8 Å². The van der Waals surface area contributed by atoms with Gasteiger partial charge < -0.3 is 5.73 Å². The van der Waals surface area contributed by atoms with E-state index in [1.165, 1.54) is 0 Å². The number of nitrogens with two attached hydrogens (primary N) is 1. The van der Waals surface area contributed by atoms with E-state index in [9.17, 15) is 4.79 Å². The van der Waals surface area contributed by atoms with E-state index < -0.39 is 6.03 Å². The van der Waals surface area contributed by atoms with Crippen molar-refractivity contribution in [3.63, 3.8) is 0 Å². The third-order valence-electron chi connectivity index (χ3n) is 1.53. The third-order valence-corrected chi connectivity index (χ3v) is 1.53. The number of carbonyl (C=O) groups excluding carboxylic acids is 1. The van der Waals surface area contributed by atoms with Crippen molar-refractivity contribution in [3.05, 3.63) is 11.4 Å². The predicted octanol–water partition coefficient (Wildman–Crippen LogP) is -0.0353.